The largest absolute Gasteiger partial charge is 0.380 e. The summed E-state index contributed by atoms with van der Waals surface area (Å²) in [4.78, 5) is 11.2. The number of carbonyl (C=O) groups excluding carboxylic acids is 1. The van der Waals surface area contributed by atoms with Gasteiger partial charge in [-0.2, -0.15) is 0 Å². The van der Waals surface area contributed by atoms with Crippen molar-refractivity contribution in [1.82, 2.24) is 0 Å². The lowest BCUT2D eigenvalue weighted by Gasteiger charge is -2.14. The SMILES string of the molecule is O=C1COCC12CCOC2. The van der Waals surface area contributed by atoms with Crippen LogP contribution in [0.3, 0.4) is 0 Å². The molecule has 0 bridgehead atoms. The molecule has 2 aliphatic heterocycles. The molecule has 0 amide bonds. The summed E-state index contributed by atoms with van der Waals surface area (Å²) in [6.07, 6.45) is 0.853. The molecule has 56 valence electrons. The maximum atomic E-state index is 11.2. The van der Waals surface area contributed by atoms with Crippen molar-refractivity contribution in [3.63, 3.8) is 0 Å². The van der Waals surface area contributed by atoms with E-state index in [1.165, 1.54) is 0 Å². The summed E-state index contributed by atoms with van der Waals surface area (Å²) in [7, 11) is 0. The molecule has 0 aromatic heterocycles. The van der Waals surface area contributed by atoms with Gasteiger partial charge in [0.2, 0.25) is 0 Å². The average Bonchev–Trinajstić information content (AvgIpc) is 2.48. The van der Waals surface area contributed by atoms with Crippen molar-refractivity contribution in [3.8, 4) is 0 Å². The van der Waals surface area contributed by atoms with Crippen LogP contribution in [-0.2, 0) is 14.3 Å². The van der Waals surface area contributed by atoms with Gasteiger partial charge < -0.3 is 9.47 Å². The van der Waals surface area contributed by atoms with E-state index in [2.05, 4.69) is 0 Å². The average molecular weight is 142 g/mol. The lowest BCUT2D eigenvalue weighted by Crippen LogP contribution is -2.29. The number of hydrogen-bond acceptors (Lipinski definition) is 3. The third-order valence-corrected chi connectivity index (χ3v) is 2.31. The normalized spacial score (nSPS) is 39.8. The van der Waals surface area contributed by atoms with Crippen LogP contribution in [0.1, 0.15) is 6.42 Å². The van der Waals surface area contributed by atoms with Gasteiger partial charge in [-0.05, 0) is 6.42 Å². The highest BCUT2D eigenvalue weighted by Gasteiger charge is 2.45. The summed E-state index contributed by atoms with van der Waals surface area (Å²) in [6.45, 7) is 2.16. The summed E-state index contributed by atoms with van der Waals surface area (Å²) in [6, 6.07) is 0. The second-order valence-corrected chi connectivity index (χ2v) is 3.00. The van der Waals surface area contributed by atoms with Gasteiger partial charge in [-0.1, -0.05) is 0 Å². The maximum Gasteiger partial charge on any atom is 0.169 e. The van der Waals surface area contributed by atoms with E-state index in [1.54, 1.807) is 0 Å². The minimum atomic E-state index is -0.236. The first-order valence-electron chi connectivity index (χ1n) is 3.52. The van der Waals surface area contributed by atoms with E-state index in [4.69, 9.17) is 9.47 Å². The van der Waals surface area contributed by atoms with Crippen molar-refractivity contribution in [2.45, 2.75) is 6.42 Å². The van der Waals surface area contributed by atoms with E-state index in [9.17, 15) is 4.79 Å². The Morgan fingerprint density at radius 2 is 2.10 bits per heavy atom. The van der Waals surface area contributed by atoms with Crippen LogP contribution >= 0.6 is 0 Å². The van der Waals surface area contributed by atoms with Gasteiger partial charge in [-0.25, -0.2) is 0 Å². The number of hydrogen-bond donors (Lipinski definition) is 0. The minimum Gasteiger partial charge on any atom is -0.380 e. The monoisotopic (exact) mass is 142 g/mol. The number of Topliss-reactive ketones (excluding diaryl/α,β-unsaturated/α-hetero) is 1. The van der Waals surface area contributed by atoms with Crippen molar-refractivity contribution in [2.75, 3.05) is 26.4 Å². The van der Waals surface area contributed by atoms with Crippen LogP contribution in [0.15, 0.2) is 0 Å². The number of ether oxygens (including phenoxy) is 2. The zero-order valence-electron chi connectivity index (χ0n) is 5.76. The van der Waals surface area contributed by atoms with Crippen molar-refractivity contribution in [2.24, 2.45) is 5.41 Å². The first kappa shape index (κ1) is 6.31. The molecule has 0 N–H and O–H groups in total. The highest BCUT2D eigenvalue weighted by atomic mass is 16.5. The Morgan fingerprint density at radius 1 is 1.30 bits per heavy atom. The molecule has 10 heavy (non-hydrogen) atoms. The summed E-state index contributed by atoms with van der Waals surface area (Å²) in [5.41, 5.74) is -0.236. The topological polar surface area (TPSA) is 35.5 Å². The molecule has 2 fully saturated rings. The van der Waals surface area contributed by atoms with Gasteiger partial charge in [0.15, 0.2) is 5.78 Å². The van der Waals surface area contributed by atoms with Gasteiger partial charge in [0.05, 0.1) is 18.6 Å². The smallest absolute Gasteiger partial charge is 0.169 e. The van der Waals surface area contributed by atoms with E-state index >= 15 is 0 Å². The van der Waals surface area contributed by atoms with Crippen LogP contribution in [0.2, 0.25) is 0 Å². The number of ketones is 1. The Kier molecular flexibility index (Phi) is 1.28. The summed E-state index contributed by atoms with van der Waals surface area (Å²) in [5.74, 6) is 0.227. The highest BCUT2D eigenvalue weighted by molar-refractivity contribution is 5.88. The fourth-order valence-corrected chi connectivity index (χ4v) is 1.51. The second-order valence-electron chi connectivity index (χ2n) is 3.00. The molecule has 0 aromatic rings. The minimum absolute atomic E-state index is 0.227. The van der Waals surface area contributed by atoms with Crippen molar-refractivity contribution in [3.05, 3.63) is 0 Å². The van der Waals surface area contributed by atoms with Crippen LogP contribution in [0, 0.1) is 5.41 Å². The molecule has 2 saturated heterocycles. The van der Waals surface area contributed by atoms with Gasteiger partial charge in [-0.15, -0.1) is 0 Å². The Morgan fingerprint density at radius 3 is 2.60 bits per heavy atom. The van der Waals surface area contributed by atoms with E-state index in [0.29, 0.717) is 19.8 Å². The van der Waals surface area contributed by atoms with Gasteiger partial charge in [0.25, 0.3) is 0 Å². The molecule has 1 spiro atoms. The van der Waals surface area contributed by atoms with Crippen molar-refractivity contribution in [1.29, 1.82) is 0 Å². The third-order valence-electron chi connectivity index (χ3n) is 2.31. The van der Waals surface area contributed by atoms with Gasteiger partial charge in [0, 0.05) is 6.61 Å². The fourth-order valence-electron chi connectivity index (χ4n) is 1.51. The van der Waals surface area contributed by atoms with Gasteiger partial charge in [-0.3, -0.25) is 4.79 Å². The molecule has 1 unspecified atom stereocenters. The molecule has 2 heterocycles. The predicted molar refractivity (Wildman–Crippen MR) is 33.7 cm³/mol. The molecular formula is C7H10O3. The van der Waals surface area contributed by atoms with E-state index in [0.717, 1.165) is 13.0 Å². The second kappa shape index (κ2) is 2.04. The summed E-state index contributed by atoms with van der Waals surface area (Å²) < 4.78 is 10.2. The molecule has 2 rings (SSSR count). The molecule has 0 aromatic carbocycles. The van der Waals surface area contributed by atoms with Crippen LogP contribution in [0.5, 0.6) is 0 Å². The first-order chi connectivity index (χ1) is 4.83. The van der Waals surface area contributed by atoms with Crippen molar-refractivity contribution < 1.29 is 14.3 Å². The quantitative estimate of drug-likeness (QED) is 0.477. The van der Waals surface area contributed by atoms with Crippen LogP contribution in [0.25, 0.3) is 0 Å². The number of rotatable bonds is 0. The molecule has 3 heteroatoms. The Hall–Kier alpha value is -0.410. The molecule has 1 atom stereocenters. The molecule has 0 aliphatic carbocycles. The van der Waals surface area contributed by atoms with Crippen molar-refractivity contribution >= 4 is 5.78 Å². The van der Waals surface area contributed by atoms with Gasteiger partial charge >= 0.3 is 0 Å². The predicted octanol–water partition coefficient (Wildman–Crippen LogP) is -0.00760. The number of carbonyl (C=O) groups is 1. The van der Waals surface area contributed by atoms with Crippen LogP contribution in [0.4, 0.5) is 0 Å². The Bertz CT molecular complexity index is 153. The standard InChI is InChI=1S/C7H10O3/c8-6-3-10-5-7(6)1-2-9-4-7/h1-5H2. The molecule has 0 saturated carbocycles. The van der Waals surface area contributed by atoms with Crippen LogP contribution < -0.4 is 0 Å². The van der Waals surface area contributed by atoms with E-state index in [1.807, 2.05) is 0 Å². The zero-order valence-corrected chi connectivity index (χ0v) is 5.76. The van der Waals surface area contributed by atoms with Gasteiger partial charge in [0.1, 0.15) is 6.61 Å². The summed E-state index contributed by atoms with van der Waals surface area (Å²) in [5, 5.41) is 0. The van der Waals surface area contributed by atoms with E-state index in [-0.39, 0.29) is 11.2 Å². The zero-order chi connectivity index (χ0) is 7.03. The highest BCUT2D eigenvalue weighted by Crippen LogP contribution is 2.33. The lowest BCUT2D eigenvalue weighted by atomic mass is 9.86. The first-order valence-corrected chi connectivity index (χ1v) is 3.52. The lowest BCUT2D eigenvalue weighted by molar-refractivity contribution is -0.124. The Balaban J connectivity index is 2.19. The molecule has 2 aliphatic rings. The summed E-state index contributed by atoms with van der Waals surface area (Å²) >= 11 is 0. The Labute approximate surface area is 59.3 Å². The maximum absolute atomic E-state index is 11.2. The molecular weight excluding hydrogens is 132 g/mol. The molecule has 0 radical (unpaired) electrons. The van der Waals surface area contributed by atoms with Crippen LogP contribution in [-0.4, -0.2) is 32.2 Å². The third kappa shape index (κ3) is 0.707. The molecule has 3 nitrogen and oxygen atoms in total. The fraction of sp³-hybridized carbons (Fsp3) is 0.857. The van der Waals surface area contributed by atoms with E-state index < -0.39 is 0 Å².